The highest BCUT2D eigenvalue weighted by Crippen LogP contribution is 2.20. The summed E-state index contributed by atoms with van der Waals surface area (Å²) in [4.78, 5) is 15.1. The van der Waals surface area contributed by atoms with Crippen LogP contribution in [0.25, 0.3) is 0 Å². The van der Waals surface area contributed by atoms with Crippen molar-refractivity contribution < 1.29 is 9.90 Å². The van der Waals surface area contributed by atoms with Crippen LogP contribution in [0.3, 0.4) is 0 Å². The van der Waals surface area contributed by atoms with Crippen molar-refractivity contribution >= 4 is 5.97 Å². The first-order valence-electron chi connectivity index (χ1n) is 6.61. The van der Waals surface area contributed by atoms with Gasteiger partial charge in [0, 0.05) is 31.9 Å². The summed E-state index contributed by atoms with van der Waals surface area (Å²) in [6.45, 7) is 5.80. The largest absolute Gasteiger partial charge is 0.478 e. The molecule has 0 spiro atoms. The van der Waals surface area contributed by atoms with E-state index in [1.165, 1.54) is 51.4 Å². The molecular weight excluding hydrogens is 216 g/mol. The molecule has 0 unspecified atom stereocenters. The van der Waals surface area contributed by atoms with Crippen molar-refractivity contribution in [2.75, 3.05) is 32.7 Å². The Hall–Kier alpha value is -1.03. The average Bonchev–Trinajstić information content (AvgIpc) is 2.81. The fraction of sp³-hybridized carbons (Fsp3) is 0.769. The molecule has 1 N–H and O–H groups in total. The van der Waals surface area contributed by atoms with Gasteiger partial charge >= 0.3 is 5.97 Å². The fourth-order valence-corrected chi connectivity index (χ4v) is 2.78. The van der Waals surface area contributed by atoms with Crippen LogP contribution in [0.2, 0.25) is 0 Å². The van der Waals surface area contributed by atoms with E-state index in [2.05, 4.69) is 9.80 Å². The standard InChI is InChI=1S/C13H22N2O2/c16-13(17)5-10-14-8-3-12(4-9-14)11-15-6-1-2-7-15/h5,10,12H,1-4,6-9,11H2,(H,16,17). The van der Waals surface area contributed by atoms with E-state index in [0.717, 1.165) is 19.0 Å². The first-order chi connectivity index (χ1) is 8.24. The SMILES string of the molecule is O=C(O)C=CN1CCC(CN2CCCC2)CC1. The summed E-state index contributed by atoms with van der Waals surface area (Å²) in [5.41, 5.74) is 0. The molecule has 2 aliphatic rings. The summed E-state index contributed by atoms with van der Waals surface area (Å²) >= 11 is 0. The number of carboxylic acids is 1. The monoisotopic (exact) mass is 238 g/mol. The van der Waals surface area contributed by atoms with E-state index in [9.17, 15) is 4.79 Å². The van der Waals surface area contributed by atoms with Gasteiger partial charge in [0.1, 0.15) is 0 Å². The summed E-state index contributed by atoms with van der Waals surface area (Å²) in [5.74, 6) is -0.0493. The lowest BCUT2D eigenvalue weighted by atomic mass is 9.96. The molecule has 0 aliphatic carbocycles. The summed E-state index contributed by atoms with van der Waals surface area (Å²) in [6, 6.07) is 0. The second-order valence-corrected chi connectivity index (χ2v) is 5.14. The lowest BCUT2D eigenvalue weighted by Gasteiger charge is -2.33. The normalized spacial score (nSPS) is 23.6. The molecule has 0 bridgehead atoms. The molecule has 2 saturated heterocycles. The zero-order chi connectivity index (χ0) is 12.1. The predicted molar refractivity (Wildman–Crippen MR) is 66.7 cm³/mol. The van der Waals surface area contributed by atoms with Gasteiger partial charge in [0.05, 0.1) is 0 Å². The Morgan fingerprint density at radius 1 is 1.18 bits per heavy atom. The number of carboxylic acid groups (broad SMARTS) is 1. The van der Waals surface area contributed by atoms with Gasteiger partial charge in [0.25, 0.3) is 0 Å². The van der Waals surface area contributed by atoms with Crippen LogP contribution in [0, 0.1) is 5.92 Å². The third-order valence-electron chi connectivity index (χ3n) is 3.79. The Labute approximate surface area is 103 Å². The Kier molecular flexibility index (Phi) is 4.42. The van der Waals surface area contributed by atoms with Gasteiger partial charge in [-0.1, -0.05) is 0 Å². The molecule has 0 atom stereocenters. The van der Waals surface area contributed by atoms with Gasteiger partial charge in [-0.2, -0.15) is 0 Å². The van der Waals surface area contributed by atoms with Gasteiger partial charge in [-0.15, -0.1) is 0 Å². The quantitative estimate of drug-likeness (QED) is 0.752. The maximum atomic E-state index is 10.4. The van der Waals surface area contributed by atoms with Gasteiger partial charge in [0.15, 0.2) is 0 Å². The van der Waals surface area contributed by atoms with Crippen LogP contribution in [-0.2, 0) is 4.79 Å². The minimum atomic E-state index is -0.857. The molecule has 0 aromatic rings. The minimum Gasteiger partial charge on any atom is -0.478 e. The third kappa shape index (κ3) is 4.04. The van der Waals surface area contributed by atoms with Crippen LogP contribution in [0.5, 0.6) is 0 Å². The van der Waals surface area contributed by atoms with Crippen LogP contribution < -0.4 is 0 Å². The molecule has 0 saturated carbocycles. The van der Waals surface area contributed by atoms with Gasteiger partial charge in [-0.25, -0.2) is 4.79 Å². The summed E-state index contributed by atoms with van der Waals surface area (Å²) < 4.78 is 0. The van der Waals surface area contributed by atoms with Crippen molar-refractivity contribution in [3.05, 3.63) is 12.3 Å². The first-order valence-corrected chi connectivity index (χ1v) is 6.61. The topological polar surface area (TPSA) is 43.8 Å². The highest BCUT2D eigenvalue weighted by atomic mass is 16.4. The molecular formula is C13H22N2O2. The summed E-state index contributed by atoms with van der Waals surface area (Å²) in [5, 5.41) is 8.57. The number of aliphatic carboxylic acids is 1. The Morgan fingerprint density at radius 2 is 1.82 bits per heavy atom. The molecule has 0 amide bonds. The van der Waals surface area contributed by atoms with Crippen molar-refractivity contribution in [3.8, 4) is 0 Å². The number of likely N-dealkylation sites (tertiary alicyclic amines) is 2. The smallest absolute Gasteiger partial charge is 0.329 e. The van der Waals surface area contributed by atoms with Crippen LogP contribution in [0.1, 0.15) is 25.7 Å². The second kappa shape index (κ2) is 6.05. The number of carbonyl (C=O) groups is 1. The van der Waals surface area contributed by atoms with Crippen molar-refractivity contribution in [1.82, 2.24) is 9.80 Å². The predicted octanol–water partition coefficient (Wildman–Crippen LogP) is 1.39. The van der Waals surface area contributed by atoms with Crippen molar-refractivity contribution in [2.24, 2.45) is 5.92 Å². The highest BCUT2D eigenvalue weighted by Gasteiger charge is 2.21. The number of rotatable bonds is 4. The Bertz CT molecular complexity index is 277. The summed E-state index contributed by atoms with van der Waals surface area (Å²) in [7, 11) is 0. The lowest BCUT2D eigenvalue weighted by Crippen LogP contribution is -2.35. The van der Waals surface area contributed by atoms with E-state index in [-0.39, 0.29) is 0 Å². The van der Waals surface area contributed by atoms with E-state index in [1.807, 2.05) is 0 Å². The maximum Gasteiger partial charge on any atom is 0.329 e. The fourth-order valence-electron chi connectivity index (χ4n) is 2.78. The van der Waals surface area contributed by atoms with Crippen LogP contribution >= 0.6 is 0 Å². The van der Waals surface area contributed by atoms with E-state index in [1.54, 1.807) is 6.20 Å². The zero-order valence-corrected chi connectivity index (χ0v) is 10.3. The number of nitrogens with zero attached hydrogens (tertiary/aromatic N) is 2. The van der Waals surface area contributed by atoms with E-state index >= 15 is 0 Å². The third-order valence-corrected chi connectivity index (χ3v) is 3.79. The molecule has 2 rings (SSSR count). The zero-order valence-electron chi connectivity index (χ0n) is 10.3. The first kappa shape index (κ1) is 12.4. The van der Waals surface area contributed by atoms with Gasteiger partial charge in [0.2, 0.25) is 0 Å². The molecule has 2 fully saturated rings. The van der Waals surface area contributed by atoms with Gasteiger partial charge < -0.3 is 14.9 Å². The second-order valence-electron chi connectivity index (χ2n) is 5.14. The molecule has 4 nitrogen and oxygen atoms in total. The van der Waals surface area contributed by atoms with Gasteiger partial charge in [-0.05, 0) is 44.7 Å². The maximum absolute atomic E-state index is 10.4. The number of hydrogen-bond donors (Lipinski definition) is 1. The molecule has 0 aromatic heterocycles. The van der Waals surface area contributed by atoms with E-state index < -0.39 is 5.97 Å². The van der Waals surface area contributed by atoms with E-state index in [4.69, 9.17) is 5.11 Å². The molecule has 17 heavy (non-hydrogen) atoms. The summed E-state index contributed by atoms with van der Waals surface area (Å²) in [6.07, 6.45) is 8.07. The van der Waals surface area contributed by atoms with Crippen molar-refractivity contribution in [1.29, 1.82) is 0 Å². The molecule has 2 heterocycles. The highest BCUT2D eigenvalue weighted by molar-refractivity contribution is 5.79. The molecule has 4 heteroatoms. The van der Waals surface area contributed by atoms with Crippen LogP contribution in [0.4, 0.5) is 0 Å². The number of piperidine rings is 1. The Balaban J connectivity index is 1.68. The minimum absolute atomic E-state index is 0.808. The van der Waals surface area contributed by atoms with Crippen molar-refractivity contribution in [3.63, 3.8) is 0 Å². The number of hydrogen-bond acceptors (Lipinski definition) is 3. The van der Waals surface area contributed by atoms with Crippen LogP contribution in [0.15, 0.2) is 12.3 Å². The van der Waals surface area contributed by atoms with Gasteiger partial charge in [-0.3, -0.25) is 0 Å². The molecule has 2 aliphatic heterocycles. The average molecular weight is 238 g/mol. The molecule has 0 aromatic carbocycles. The lowest BCUT2D eigenvalue weighted by molar-refractivity contribution is -0.131. The molecule has 0 radical (unpaired) electrons. The van der Waals surface area contributed by atoms with Crippen molar-refractivity contribution in [2.45, 2.75) is 25.7 Å². The van der Waals surface area contributed by atoms with Crippen LogP contribution in [-0.4, -0.2) is 53.6 Å². The Morgan fingerprint density at radius 3 is 2.41 bits per heavy atom. The molecule has 96 valence electrons. The van der Waals surface area contributed by atoms with E-state index in [0.29, 0.717) is 0 Å².